The number of rotatable bonds is 4. The number of nitrogens with two attached hydrogens (primary N) is 1. The highest BCUT2D eigenvalue weighted by Crippen LogP contribution is 2.40. The molecule has 2 aromatic carbocycles. The first-order chi connectivity index (χ1) is 16.6. The van der Waals surface area contributed by atoms with Crippen molar-refractivity contribution in [3.8, 4) is 0 Å². The van der Waals surface area contributed by atoms with E-state index in [1.54, 1.807) is 13.0 Å². The van der Waals surface area contributed by atoms with Gasteiger partial charge in [-0.1, -0.05) is 0 Å². The summed E-state index contributed by atoms with van der Waals surface area (Å²) in [5.41, 5.74) is 10.1. The molecule has 9 heteroatoms. The maximum absolute atomic E-state index is 13.4. The number of aliphatic hydroxyl groups excluding tert-OH is 1. The SMILES string of the molecule is Cc1nc(N[C@H](C)c2cc(N)cc(C(F)(F)F)c2)c2cc(N3CCC(O)CC3)c3c(c2n1)CCC3. The van der Waals surface area contributed by atoms with Crippen molar-refractivity contribution < 1.29 is 18.3 Å². The van der Waals surface area contributed by atoms with Crippen LogP contribution in [0.3, 0.4) is 0 Å². The number of alkyl halides is 3. The molecular weight excluding hydrogens is 455 g/mol. The third-order valence-electron chi connectivity index (χ3n) is 7.11. The summed E-state index contributed by atoms with van der Waals surface area (Å²) >= 11 is 0. The zero-order chi connectivity index (χ0) is 24.9. The Morgan fingerprint density at radius 1 is 1.09 bits per heavy atom. The molecule has 1 aliphatic carbocycles. The van der Waals surface area contributed by atoms with Crippen molar-refractivity contribution in [1.29, 1.82) is 0 Å². The minimum atomic E-state index is -4.47. The summed E-state index contributed by atoms with van der Waals surface area (Å²) in [4.78, 5) is 11.7. The molecule has 0 unspecified atom stereocenters. The van der Waals surface area contributed by atoms with Crippen molar-refractivity contribution in [1.82, 2.24) is 9.97 Å². The Morgan fingerprint density at radius 3 is 2.51 bits per heavy atom. The second kappa shape index (κ2) is 8.86. The second-order valence-corrected chi connectivity index (χ2v) is 9.69. The van der Waals surface area contributed by atoms with Crippen LogP contribution in [0.5, 0.6) is 0 Å². The maximum atomic E-state index is 13.4. The molecule has 1 atom stereocenters. The number of hydrogen-bond donors (Lipinski definition) is 3. The standard InChI is InChI=1S/C26H30F3N5O/c1-14(16-10-17(26(27,28)29)12-18(30)11-16)31-25-22-13-23(34-8-6-19(35)7-9-34)20-4-3-5-21(20)24(22)32-15(2)33-25/h10-14,19,35H,3-9,30H2,1-2H3,(H,31,32,33)/t14-/m1/s1. The number of halogens is 3. The first kappa shape index (κ1) is 23.7. The van der Waals surface area contributed by atoms with Gasteiger partial charge in [-0.2, -0.15) is 13.2 Å². The average Bonchev–Trinajstić information content (AvgIpc) is 3.29. The van der Waals surface area contributed by atoms with Crippen molar-refractivity contribution in [2.75, 3.05) is 29.0 Å². The van der Waals surface area contributed by atoms with Crippen molar-refractivity contribution in [3.05, 3.63) is 52.3 Å². The zero-order valence-corrected chi connectivity index (χ0v) is 19.9. The van der Waals surface area contributed by atoms with Gasteiger partial charge in [-0.05, 0) is 86.9 Å². The summed E-state index contributed by atoms with van der Waals surface area (Å²) in [6.07, 6.45) is -0.281. The van der Waals surface area contributed by atoms with E-state index >= 15 is 0 Å². The zero-order valence-electron chi connectivity index (χ0n) is 19.9. The lowest BCUT2D eigenvalue weighted by molar-refractivity contribution is -0.137. The minimum absolute atomic E-state index is 0.0691. The predicted molar refractivity (Wildman–Crippen MR) is 132 cm³/mol. The molecule has 0 saturated carbocycles. The smallest absolute Gasteiger partial charge is 0.399 e. The normalized spacial score (nSPS) is 17.6. The molecule has 186 valence electrons. The third-order valence-corrected chi connectivity index (χ3v) is 7.11. The van der Waals surface area contributed by atoms with Gasteiger partial charge in [-0.25, -0.2) is 9.97 Å². The van der Waals surface area contributed by atoms with E-state index < -0.39 is 17.8 Å². The number of nitrogens with one attached hydrogen (secondary N) is 1. The Morgan fingerprint density at radius 2 is 1.80 bits per heavy atom. The van der Waals surface area contributed by atoms with Crippen LogP contribution >= 0.6 is 0 Å². The molecule has 3 aromatic rings. The van der Waals surface area contributed by atoms with E-state index in [0.717, 1.165) is 73.9 Å². The Kier molecular flexibility index (Phi) is 5.99. The van der Waals surface area contributed by atoms with E-state index in [4.69, 9.17) is 10.7 Å². The van der Waals surface area contributed by atoms with Gasteiger partial charge in [0.2, 0.25) is 0 Å². The number of aryl methyl sites for hydroxylation is 2. The number of anilines is 3. The summed E-state index contributed by atoms with van der Waals surface area (Å²) in [6, 6.07) is 5.30. The molecule has 1 saturated heterocycles. The van der Waals surface area contributed by atoms with Gasteiger partial charge in [0.15, 0.2) is 0 Å². The van der Waals surface area contributed by atoms with Gasteiger partial charge >= 0.3 is 6.18 Å². The number of aromatic nitrogens is 2. The van der Waals surface area contributed by atoms with Crippen LogP contribution < -0.4 is 16.0 Å². The molecule has 0 bridgehead atoms. The minimum Gasteiger partial charge on any atom is -0.399 e. The molecule has 0 amide bonds. The summed E-state index contributed by atoms with van der Waals surface area (Å²) in [5, 5.41) is 14.2. The number of nitrogen functional groups attached to an aromatic ring is 1. The average molecular weight is 486 g/mol. The van der Waals surface area contributed by atoms with Crippen molar-refractivity contribution in [2.24, 2.45) is 0 Å². The molecule has 5 rings (SSSR count). The first-order valence-electron chi connectivity index (χ1n) is 12.1. The molecule has 2 heterocycles. The number of fused-ring (bicyclic) bond motifs is 3. The molecular formula is C26H30F3N5O. The fourth-order valence-electron chi connectivity index (χ4n) is 5.34. The van der Waals surface area contributed by atoms with Crippen LogP contribution in [0.15, 0.2) is 24.3 Å². The highest BCUT2D eigenvalue weighted by molar-refractivity contribution is 5.96. The summed E-state index contributed by atoms with van der Waals surface area (Å²) in [6.45, 7) is 5.21. The predicted octanol–water partition coefficient (Wildman–Crippen LogP) is 5.16. The number of hydrogen-bond acceptors (Lipinski definition) is 6. The lowest BCUT2D eigenvalue weighted by atomic mass is 9.99. The lowest BCUT2D eigenvalue weighted by Crippen LogP contribution is -2.36. The van der Waals surface area contributed by atoms with E-state index in [1.807, 2.05) is 6.92 Å². The summed E-state index contributed by atoms with van der Waals surface area (Å²) < 4.78 is 40.1. The molecule has 2 aliphatic rings. The molecule has 1 aliphatic heterocycles. The van der Waals surface area contributed by atoms with Gasteiger partial charge in [0.1, 0.15) is 11.6 Å². The van der Waals surface area contributed by atoms with Crippen LogP contribution in [0.25, 0.3) is 10.9 Å². The van der Waals surface area contributed by atoms with E-state index in [2.05, 4.69) is 21.3 Å². The Bertz CT molecular complexity index is 1270. The summed E-state index contributed by atoms with van der Waals surface area (Å²) in [7, 11) is 0. The van der Waals surface area contributed by atoms with Crippen LogP contribution in [0.4, 0.5) is 30.4 Å². The van der Waals surface area contributed by atoms with Gasteiger partial charge in [-0.3, -0.25) is 0 Å². The van der Waals surface area contributed by atoms with Crippen LogP contribution in [-0.4, -0.2) is 34.3 Å². The van der Waals surface area contributed by atoms with E-state index in [0.29, 0.717) is 17.2 Å². The number of nitrogens with zero attached hydrogens (tertiary/aromatic N) is 3. The van der Waals surface area contributed by atoms with Gasteiger partial charge in [0.25, 0.3) is 0 Å². The van der Waals surface area contributed by atoms with Crippen molar-refractivity contribution >= 4 is 28.1 Å². The monoisotopic (exact) mass is 485 g/mol. The lowest BCUT2D eigenvalue weighted by Gasteiger charge is -2.33. The van der Waals surface area contributed by atoms with E-state index in [9.17, 15) is 18.3 Å². The van der Waals surface area contributed by atoms with E-state index in [-0.39, 0.29) is 11.8 Å². The number of benzene rings is 2. The van der Waals surface area contributed by atoms with Crippen LogP contribution in [0.1, 0.15) is 60.3 Å². The molecule has 1 aromatic heterocycles. The molecule has 4 N–H and O–H groups in total. The van der Waals surface area contributed by atoms with Gasteiger partial charge < -0.3 is 21.1 Å². The van der Waals surface area contributed by atoms with Crippen LogP contribution in [0, 0.1) is 6.92 Å². The fraction of sp³-hybridized carbons (Fsp3) is 0.462. The van der Waals surface area contributed by atoms with Gasteiger partial charge in [0.05, 0.1) is 23.2 Å². The number of piperidine rings is 1. The maximum Gasteiger partial charge on any atom is 0.416 e. The highest BCUT2D eigenvalue weighted by Gasteiger charge is 2.32. The quantitative estimate of drug-likeness (QED) is 0.443. The highest BCUT2D eigenvalue weighted by atomic mass is 19.4. The molecule has 35 heavy (non-hydrogen) atoms. The Balaban J connectivity index is 1.57. The van der Waals surface area contributed by atoms with Crippen molar-refractivity contribution in [3.63, 3.8) is 0 Å². The second-order valence-electron chi connectivity index (χ2n) is 9.69. The largest absolute Gasteiger partial charge is 0.416 e. The fourth-order valence-corrected chi connectivity index (χ4v) is 5.34. The third kappa shape index (κ3) is 4.61. The summed E-state index contributed by atoms with van der Waals surface area (Å²) in [5.74, 6) is 1.21. The number of aliphatic hydroxyl groups is 1. The molecule has 0 spiro atoms. The molecule has 0 radical (unpaired) electrons. The van der Waals surface area contributed by atoms with Crippen LogP contribution in [-0.2, 0) is 19.0 Å². The van der Waals surface area contributed by atoms with Crippen molar-refractivity contribution in [2.45, 2.75) is 64.3 Å². The molecule has 1 fully saturated rings. The topological polar surface area (TPSA) is 87.3 Å². The van der Waals surface area contributed by atoms with E-state index in [1.165, 1.54) is 11.1 Å². The Labute approximate surface area is 202 Å². The van der Waals surface area contributed by atoms with Gasteiger partial charge in [-0.15, -0.1) is 0 Å². The van der Waals surface area contributed by atoms with Crippen LogP contribution in [0.2, 0.25) is 0 Å². The Hall–Kier alpha value is -3.07. The first-order valence-corrected chi connectivity index (χ1v) is 12.1. The molecule has 6 nitrogen and oxygen atoms in total. The van der Waals surface area contributed by atoms with Gasteiger partial charge in [0, 0.05) is 29.9 Å².